The van der Waals surface area contributed by atoms with Crippen molar-refractivity contribution in [2.24, 2.45) is 11.8 Å². The van der Waals surface area contributed by atoms with Crippen molar-refractivity contribution in [3.8, 4) is 0 Å². The smallest absolute Gasteiger partial charge is 0.222 e. The van der Waals surface area contributed by atoms with E-state index in [4.69, 9.17) is 11.6 Å². The maximum Gasteiger partial charge on any atom is 0.222 e. The summed E-state index contributed by atoms with van der Waals surface area (Å²) in [6, 6.07) is 0. The Balaban J connectivity index is 2.00. The second-order valence-corrected chi connectivity index (χ2v) is 6.50. The average molecular weight is 288 g/mol. The monoisotopic (exact) mass is 287 g/mol. The van der Waals surface area contributed by atoms with Gasteiger partial charge in [-0.15, -0.1) is 5.10 Å². The van der Waals surface area contributed by atoms with E-state index < -0.39 is 0 Å². The zero-order chi connectivity index (χ0) is 13.1. The average Bonchev–Trinajstić information content (AvgIpc) is 2.62. The molecule has 0 N–H and O–H groups in total. The molecule has 2 heterocycles. The molecule has 100 valence electrons. The van der Waals surface area contributed by atoms with Crippen molar-refractivity contribution in [1.82, 2.24) is 14.5 Å². The summed E-state index contributed by atoms with van der Waals surface area (Å²) in [6.07, 6.45) is 2.70. The molecule has 6 heteroatoms. The van der Waals surface area contributed by atoms with Crippen molar-refractivity contribution in [3.63, 3.8) is 0 Å². The third-order valence-corrected chi connectivity index (χ3v) is 4.63. The van der Waals surface area contributed by atoms with Gasteiger partial charge in [0.05, 0.1) is 6.54 Å². The molecule has 1 amide bonds. The number of hydrogen-bond acceptors (Lipinski definition) is 4. The van der Waals surface area contributed by atoms with Gasteiger partial charge in [-0.05, 0) is 24.7 Å². The molecule has 1 aliphatic rings. The highest BCUT2D eigenvalue weighted by Crippen LogP contribution is 2.27. The third-order valence-electron chi connectivity index (χ3n) is 3.64. The normalized spacial score (nSPS) is 21.4. The Hall–Kier alpha value is -0.680. The topological polar surface area (TPSA) is 46.1 Å². The summed E-state index contributed by atoms with van der Waals surface area (Å²) in [5.41, 5.74) is 0.720. The fourth-order valence-electron chi connectivity index (χ4n) is 2.36. The van der Waals surface area contributed by atoms with Crippen LogP contribution in [0.15, 0.2) is 0 Å². The molecule has 1 aliphatic heterocycles. The minimum Gasteiger partial charge on any atom is -0.337 e. The molecule has 0 aromatic carbocycles. The summed E-state index contributed by atoms with van der Waals surface area (Å²) >= 11 is 7.15. The van der Waals surface area contributed by atoms with E-state index in [1.54, 1.807) is 0 Å². The molecule has 0 spiro atoms. The molecule has 0 saturated carbocycles. The van der Waals surface area contributed by atoms with Gasteiger partial charge in [0.2, 0.25) is 5.91 Å². The molecule has 1 saturated heterocycles. The van der Waals surface area contributed by atoms with Crippen LogP contribution in [0, 0.1) is 11.8 Å². The fourth-order valence-corrected chi connectivity index (χ4v) is 2.98. The predicted molar refractivity (Wildman–Crippen MR) is 72.5 cm³/mol. The first-order valence-corrected chi connectivity index (χ1v) is 7.47. The van der Waals surface area contributed by atoms with Gasteiger partial charge in [0.1, 0.15) is 10.0 Å². The van der Waals surface area contributed by atoms with Crippen LogP contribution in [-0.4, -0.2) is 26.9 Å². The number of nitrogens with zero attached hydrogens (tertiary/aromatic N) is 3. The van der Waals surface area contributed by atoms with Crippen LogP contribution in [0.4, 0.5) is 0 Å². The van der Waals surface area contributed by atoms with E-state index in [9.17, 15) is 4.79 Å². The van der Waals surface area contributed by atoms with Crippen molar-refractivity contribution >= 4 is 29.0 Å². The summed E-state index contributed by atoms with van der Waals surface area (Å²) in [4.78, 5) is 13.9. The first kappa shape index (κ1) is 13.7. The molecule has 0 aliphatic carbocycles. The first-order valence-electron chi connectivity index (χ1n) is 6.32. The SMILES string of the molecule is CC(C)C1CCC(=O)N(Cc2nnsc2Cl)CC1. The number of carbonyl (C=O) groups excluding carboxylic acids is 1. The van der Waals surface area contributed by atoms with Gasteiger partial charge < -0.3 is 4.90 Å². The van der Waals surface area contributed by atoms with Gasteiger partial charge in [0.15, 0.2) is 0 Å². The standard InChI is InChI=1S/C12H18ClN3OS/c1-8(2)9-3-4-11(17)16(6-5-9)7-10-12(13)18-15-14-10/h8-9H,3-7H2,1-2H3. The Kier molecular flexibility index (Phi) is 4.56. The second kappa shape index (κ2) is 5.97. The van der Waals surface area contributed by atoms with Gasteiger partial charge >= 0.3 is 0 Å². The highest BCUT2D eigenvalue weighted by molar-refractivity contribution is 7.10. The minimum atomic E-state index is 0.210. The number of aromatic nitrogens is 2. The quantitative estimate of drug-likeness (QED) is 0.858. The van der Waals surface area contributed by atoms with Crippen LogP contribution in [0.3, 0.4) is 0 Å². The van der Waals surface area contributed by atoms with Gasteiger partial charge in [-0.25, -0.2) is 0 Å². The number of carbonyl (C=O) groups is 1. The van der Waals surface area contributed by atoms with Crippen LogP contribution in [0.2, 0.25) is 4.34 Å². The fraction of sp³-hybridized carbons (Fsp3) is 0.750. The lowest BCUT2D eigenvalue weighted by Gasteiger charge is -2.20. The van der Waals surface area contributed by atoms with E-state index in [-0.39, 0.29) is 5.91 Å². The van der Waals surface area contributed by atoms with Crippen molar-refractivity contribution < 1.29 is 4.79 Å². The van der Waals surface area contributed by atoms with Crippen molar-refractivity contribution in [2.45, 2.75) is 39.7 Å². The molecular formula is C12H18ClN3OS. The van der Waals surface area contributed by atoms with E-state index in [0.29, 0.717) is 29.1 Å². The van der Waals surface area contributed by atoms with Crippen LogP contribution >= 0.6 is 23.1 Å². The lowest BCUT2D eigenvalue weighted by molar-refractivity contribution is -0.131. The Bertz CT molecular complexity index is 421. The Morgan fingerprint density at radius 2 is 2.28 bits per heavy atom. The van der Waals surface area contributed by atoms with Gasteiger partial charge in [-0.1, -0.05) is 29.9 Å². The molecule has 0 radical (unpaired) electrons. The molecule has 4 nitrogen and oxygen atoms in total. The van der Waals surface area contributed by atoms with Gasteiger partial charge in [0.25, 0.3) is 0 Å². The summed E-state index contributed by atoms with van der Waals surface area (Å²) in [6.45, 7) is 5.76. The van der Waals surface area contributed by atoms with Crippen molar-refractivity contribution in [3.05, 3.63) is 10.0 Å². The first-order chi connectivity index (χ1) is 8.58. The van der Waals surface area contributed by atoms with E-state index in [0.717, 1.165) is 25.1 Å². The Morgan fingerprint density at radius 1 is 1.50 bits per heavy atom. The molecule has 18 heavy (non-hydrogen) atoms. The van der Waals surface area contributed by atoms with Crippen molar-refractivity contribution in [1.29, 1.82) is 0 Å². The van der Waals surface area contributed by atoms with E-state index in [1.807, 2.05) is 4.90 Å². The molecule has 0 bridgehead atoms. The molecule has 1 unspecified atom stereocenters. The zero-order valence-electron chi connectivity index (χ0n) is 10.7. The van der Waals surface area contributed by atoms with Gasteiger partial charge in [-0.2, -0.15) is 0 Å². The zero-order valence-corrected chi connectivity index (χ0v) is 12.3. The molecule has 1 aromatic rings. The second-order valence-electron chi connectivity index (χ2n) is 5.14. The highest BCUT2D eigenvalue weighted by Gasteiger charge is 2.25. The highest BCUT2D eigenvalue weighted by atomic mass is 35.5. The summed E-state index contributed by atoms with van der Waals surface area (Å²) in [5.74, 6) is 1.49. The minimum absolute atomic E-state index is 0.210. The third kappa shape index (κ3) is 3.20. The lowest BCUT2D eigenvalue weighted by atomic mass is 9.89. The van der Waals surface area contributed by atoms with Crippen LogP contribution in [0.5, 0.6) is 0 Å². The van der Waals surface area contributed by atoms with E-state index in [2.05, 4.69) is 23.4 Å². The summed E-state index contributed by atoms with van der Waals surface area (Å²) < 4.78 is 4.39. The summed E-state index contributed by atoms with van der Waals surface area (Å²) in [5, 5.41) is 3.97. The van der Waals surface area contributed by atoms with Crippen LogP contribution in [0.1, 0.15) is 38.8 Å². The van der Waals surface area contributed by atoms with Crippen LogP contribution < -0.4 is 0 Å². The Labute approximate surface area is 116 Å². The molecule has 1 aromatic heterocycles. The summed E-state index contributed by atoms with van der Waals surface area (Å²) in [7, 11) is 0. The number of likely N-dealkylation sites (tertiary alicyclic amines) is 1. The maximum absolute atomic E-state index is 12.1. The predicted octanol–water partition coefficient (Wildman–Crippen LogP) is 2.98. The molecule has 2 rings (SSSR count). The molecule has 1 fully saturated rings. The Morgan fingerprint density at radius 3 is 2.89 bits per heavy atom. The van der Waals surface area contributed by atoms with Crippen LogP contribution in [0.25, 0.3) is 0 Å². The lowest BCUT2D eigenvalue weighted by Crippen LogP contribution is -2.30. The van der Waals surface area contributed by atoms with E-state index in [1.165, 1.54) is 11.5 Å². The number of hydrogen-bond donors (Lipinski definition) is 0. The number of rotatable bonds is 3. The number of halogens is 1. The van der Waals surface area contributed by atoms with Gasteiger partial charge in [0, 0.05) is 24.5 Å². The molecular weight excluding hydrogens is 270 g/mol. The van der Waals surface area contributed by atoms with Crippen molar-refractivity contribution in [2.75, 3.05) is 6.54 Å². The maximum atomic E-state index is 12.1. The largest absolute Gasteiger partial charge is 0.337 e. The van der Waals surface area contributed by atoms with Crippen LogP contribution in [-0.2, 0) is 11.3 Å². The number of amides is 1. The molecule has 1 atom stereocenters. The van der Waals surface area contributed by atoms with Gasteiger partial charge in [-0.3, -0.25) is 4.79 Å². The van der Waals surface area contributed by atoms with E-state index >= 15 is 0 Å².